The van der Waals surface area contributed by atoms with Crippen LogP contribution in [0, 0.1) is 0 Å². The molecule has 1 saturated heterocycles. The molecule has 7 heteroatoms. The highest BCUT2D eigenvalue weighted by atomic mass is 16.1. The molecular weight excluding hydrogens is 352 g/mol. The Morgan fingerprint density at radius 3 is 2.18 bits per heavy atom. The number of piperidine rings is 1. The Hall–Kier alpha value is -3.03. The zero-order valence-corrected chi connectivity index (χ0v) is 15.8. The summed E-state index contributed by atoms with van der Waals surface area (Å²) >= 11 is 0. The van der Waals surface area contributed by atoms with Crippen molar-refractivity contribution in [2.75, 3.05) is 23.4 Å². The fraction of sp³-hybridized carbons (Fsp3) is 0.286. The monoisotopic (exact) mass is 378 g/mol. The van der Waals surface area contributed by atoms with Gasteiger partial charge in [-0.3, -0.25) is 14.7 Å². The Morgan fingerprint density at radius 1 is 0.964 bits per heavy atom. The second-order valence-corrected chi connectivity index (χ2v) is 7.16. The molecule has 2 aliphatic heterocycles. The second-order valence-electron chi connectivity index (χ2n) is 7.16. The van der Waals surface area contributed by atoms with Crippen molar-refractivity contribution in [1.29, 1.82) is 0 Å². The molecule has 0 spiro atoms. The van der Waals surface area contributed by atoms with Crippen LogP contribution in [-0.2, 0) is 4.79 Å². The highest BCUT2D eigenvalue weighted by Crippen LogP contribution is 2.36. The number of nitrogens with two attached hydrogens (primary N) is 2. The number of hydrogen-bond acceptors (Lipinski definition) is 6. The van der Waals surface area contributed by atoms with Crippen molar-refractivity contribution < 1.29 is 4.79 Å². The molecule has 2 heterocycles. The molecule has 0 aromatic heterocycles. The van der Waals surface area contributed by atoms with E-state index < -0.39 is 11.7 Å². The van der Waals surface area contributed by atoms with Crippen LogP contribution in [0.2, 0.25) is 0 Å². The van der Waals surface area contributed by atoms with Crippen molar-refractivity contribution in [2.24, 2.45) is 11.5 Å². The van der Waals surface area contributed by atoms with Gasteiger partial charge in [-0.15, -0.1) is 0 Å². The topological polar surface area (TPSA) is 99.6 Å². The summed E-state index contributed by atoms with van der Waals surface area (Å²) in [4.78, 5) is 14.8. The van der Waals surface area contributed by atoms with Gasteiger partial charge < -0.3 is 16.8 Å². The van der Waals surface area contributed by atoms with Gasteiger partial charge in [0.2, 0.25) is 0 Å². The van der Waals surface area contributed by atoms with Crippen LogP contribution in [-0.4, -0.2) is 29.7 Å². The number of hydrazine groups is 1. The molecule has 1 atom stereocenters. The van der Waals surface area contributed by atoms with E-state index in [1.165, 1.54) is 6.42 Å². The number of benzene rings is 2. The average Bonchev–Trinajstić information content (AvgIpc) is 3.03. The number of likely N-dealkylation sites (tertiary alicyclic amines) is 1. The smallest absolute Gasteiger partial charge is 0.253 e. The van der Waals surface area contributed by atoms with Crippen LogP contribution in [0.4, 0.5) is 11.4 Å². The molecular formula is C21H26N6O. The third kappa shape index (κ3) is 3.19. The number of nitrogens with zero attached hydrogens (tertiary/aromatic N) is 2. The highest BCUT2D eigenvalue weighted by Gasteiger charge is 2.51. The van der Waals surface area contributed by atoms with Crippen LogP contribution in [0.1, 0.15) is 19.3 Å². The minimum absolute atomic E-state index is 0.313. The van der Waals surface area contributed by atoms with Gasteiger partial charge in [-0.05, 0) is 37.1 Å². The Kier molecular flexibility index (Phi) is 4.93. The van der Waals surface area contributed by atoms with Crippen LogP contribution in [0.15, 0.2) is 72.1 Å². The first-order valence-corrected chi connectivity index (χ1v) is 9.63. The molecule has 2 aromatic carbocycles. The maximum absolute atomic E-state index is 12.6. The van der Waals surface area contributed by atoms with Crippen LogP contribution < -0.4 is 27.2 Å². The minimum atomic E-state index is -1.01. The predicted molar refractivity (Wildman–Crippen MR) is 111 cm³/mol. The van der Waals surface area contributed by atoms with Crippen molar-refractivity contribution in [2.45, 2.75) is 25.0 Å². The number of anilines is 2. The largest absolute Gasteiger partial charge is 0.383 e. The molecule has 1 amide bonds. The van der Waals surface area contributed by atoms with E-state index in [2.05, 4.69) is 15.6 Å². The minimum Gasteiger partial charge on any atom is -0.383 e. The number of amides is 1. The fourth-order valence-corrected chi connectivity index (χ4v) is 4.02. The summed E-state index contributed by atoms with van der Waals surface area (Å²) in [6.45, 7) is 1.67. The van der Waals surface area contributed by atoms with Gasteiger partial charge in [0, 0.05) is 18.8 Å². The molecule has 1 unspecified atom stereocenters. The number of primary amides is 1. The molecule has 7 nitrogen and oxygen atoms in total. The number of hydrogen-bond donors (Lipinski definition) is 4. The lowest BCUT2D eigenvalue weighted by molar-refractivity contribution is -0.116. The van der Waals surface area contributed by atoms with Crippen LogP contribution in [0.5, 0.6) is 0 Å². The lowest BCUT2D eigenvalue weighted by Crippen LogP contribution is -2.67. The quantitative estimate of drug-likeness (QED) is 0.634. The van der Waals surface area contributed by atoms with E-state index in [-0.39, 0.29) is 0 Å². The van der Waals surface area contributed by atoms with Crippen molar-refractivity contribution in [3.8, 4) is 0 Å². The Bertz CT molecular complexity index is 863. The van der Waals surface area contributed by atoms with E-state index in [0.29, 0.717) is 11.4 Å². The van der Waals surface area contributed by atoms with Crippen LogP contribution in [0.25, 0.3) is 0 Å². The summed E-state index contributed by atoms with van der Waals surface area (Å²) in [5.74, 6) is -1.24. The van der Waals surface area contributed by atoms with Crippen molar-refractivity contribution in [3.05, 3.63) is 72.1 Å². The second kappa shape index (κ2) is 7.53. The zero-order chi connectivity index (χ0) is 19.6. The predicted octanol–water partition coefficient (Wildman–Crippen LogP) is 1.92. The van der Waals surface area contributed by atoms with Gasteiger partial charge in [-0.1, -0.05) is 42.8 Å². The van der Waals surface area contributed by atoms with E-state index in [1.807, 2.05) is 60.7 Å². The number of carbonyl (C=O) groups excluding carboxylic acids is 1. The number of rotatable bonds is 5. The first kappa shape index (κ1) is 18.3. The van der Waals surface area contributed by atoms with Gasteiger partial charge in [0.25, 0.3) is 5.91 Å². The SMILES string of the molecule is NC(=O)C1=C(N)N(c2ccccc2)NC1(Nc1ccccc1)N1CCCCC1. The number of para-hydroxylation sites is 2. The maximum atomic E-state index is 12.6. The zero-order valence-electron chi connectivity index (χ0n) is 15.8. The maximum Gasteiger partial charge on any atom is 0.253 e. The van der Waals surface area contributed by atoms with E-state index in [9.17, 15) is 4.79 Å². The molecule has 146 valence electrons. The third-order valence-electron chi connectivity index (χ3n) is 5.32. The van der Waals surface area contributed by atoms with E-state index in [4.69, 9.17) is 11.5 Å². The summed E-state index contributed by atoms with van der Waals surface area (Å²) in [6.07, 6.45) is 3.28. The third-order valence-corrected chi connectivity index (χ3v) is 5.32. The van der Waals surface area contributed by atoms with Crippen molar-refractivity contribution >= 4 is 17.3 Å². The summed E-state index contributed by atoms with van der Waals surface area (Å²) in [6, 6.07) is 19.5. The molecule has 0 saturated carbocycles. The summed E-state index contributed by atoms with van der Waals surface area (Å²) < 4.78 is 0. The Balaban J connectivity index is 1.82. The summed E-state index contributed by atoms with van der Waals surface area (Å²) in [5, 5.41) is 5.26. The number of carbonyl (C=O) groups is 1. The molecule has 1 fully saturated rings. The molecule has 0 radical (unpaired) electrons. The molecule has 0 bridgehead atoms. The molecule has 6 N–H and O–H groups in total. The van der Waals surface area contributed by atoms with Gasteiger partial charge in [-0.2, -0.15) is 5.43 Å². The molecule has 4 rings (SSSR count). The van der Waals surface area contributed by atoms with Crippen molar-refractivity contribution in [1.82, 2.24) is 10.3 Å². The van der Waals surface area contributed by atoms with E-state index >= 15 is 0 Å². The first-order valence-electron chi connectivity index (χ1n) is 9.63. The van der Waals surface area contributed by atoms with Gasteiger partial charge >= 0.3 is 0 Å². The molecule has 2 aliphatic rings. The normalized spacial score (nSPS) is 23.1. The van der Waals surface area contributed by atoms with Gasteiger partial charge in [0.15, 0.2) is 5.79 Å². The highest BCUT2D eigenvalue weighted by molar-refractivity contribution is 5.97. The standard InChI is InChI=1S/C21H26N6O/c22-19-18(20(23)28)21(26-14-8-3-9-15-26,24-16-10-4-1-5-11-16)25-27(19)17-12-6-2-7-13-17/h1-2,4-7,10-13,24-25H,3,8-9,14-15,22H2,(H2,23,28). The summed E-state index contributed by atoms with van der Waals surface area (Å²) in [5.41, 5.74) is 17.8. The summed E-state index contributed by atoms with van der Waals surface area (Å²) in [7, 11) is 0. The van der Waals surface area contributed by atoms with Gasteiger partial charge in [0.05, 0.1) is 5.69 Å². The van der Waals surface area contributed by atoms with Crippen LogP contribution >= 0.6 is 0 Å². The van der Waals surface area contributed by atoms with Crippen LogP contribution in [0.3, 0.4) is 0 Å². The van der Waals surface area contributed by atoms with Gasteiger partial charge in [0.1, 0.15) is 11.4 Å². The first-order chi connectivity index (χ1) is 13.6. The van der Waals surface area contributed by atoms with E-state index in [1.54, 1.807) is 5.01 Å². The molecule has 0 aliphatic carbocycles. The Labute approximate surface area is 165 Å². The lowest BCUT2D eigenvalue weighted by atomic mass is 10.0. The number of nitrogens with one attached hydrogen (secondary N) is 2. The average molecular weight is 378 g/mol. The Morgan fingerprint density at radius 2 is 1.57 bits per heavy atom. The van der Waals surface area contributed by atoms with E-state index in [0.717, 1.165) is 37.3 Å². The van der Waals surface area contributed by atoms with Crippen molar-refractivity contribution in [3.63, 3.8) is 0 Å². The molecule has 28 heavy (non-hydrogen) atoms. The fourth-order valence-electron chi connectivity index (χ4n) is 4.02. The molecule has 2 aromatic rings. The van der Waals surface area contributed by atoms with Gasteiger partial charge in [-0.25, -0.2) is 0 Å². The lowest BCUT2D eigenvalue weighted by Gasteiger charge is -2.45.